The lowest BCUT2D eigenvalue weighted by molar-refractivity contribution is -0.118. The number of unbranched alkanes of at least 4 members (excludes halogenated alkanes) is 1. The zero-order chi connectivity index (χ0) is 20.9. The molecular formula is C23H32N4O. The monoisotopic (exact) mass is 380 g/mol. The van der Waals surface area contributed by atoms with E-state index in [1.807, 2.05) is 0 Å². The van der Waals surface area contributed by atoms with Crippen molar-refractivity contribution >= 4 is 5.91 Å². The Bertz CT molecular complexity index is 796. The second kappa shape index (κ2) is 9.07. The molecule has 0 saturated carbocycles. The molecule has 1 amide bonds. The first-order chi connectivity index (χ1) is 13.3. The summed E-state index contributed by atoms with van der Waals surface area (Å²) < 4.78 is 0. The SMILES string of the molecule is C=C/C=C(\C)NC(=O)C1=C(C#N)C2(C)CCCN2N(C/C(C)=C/CCC)C1=C. The largest absolute Gasteiger partial charge is 0.326 e. The number of fused-ring (bicyclic) bond motifs is 1. The molecule has 2 aliphatic heterocycles. The molecule has 1 atom stereocenters. The van der Waals surface area contributed by atoms with Crippen LogP contribution in [0.2, 0.25) is 0 Å². The first kappa shape index (κ1) is 21.7. The fourth-order valence-electron chi connectivity index (χ4n) is 4.03. The van der Waals surface area contributed by atoms with Crippen molar-refractivity contribution in [3.8, 4) is 6.07 Å². The molecule has 28 heavy (non-hydrogen) atoms. The predicted molar refractivity (Wildman–Crippen MR) is 114 cm³/mol. The number of hydrogen-bond donors (Lipinski definition) is 1. The van der Waals surface area contributed by atoms with Crippen molar-refractivity contribution in [3.05, 3.63) is 59.5 Å². The van der Waals surface area contributed by atoms with Gasteiger partial charge in [-0.25, -0.2) is 5.01 Å². The van der Waals surface area contributed by atoms with E-state index in [0.717, 1.165) is 32.2 Å². The minimum atomic E-state index is -0.482. The first-order valence-electron chi connectivity index (χ1n) is 9.95. The van der Waals surface area contributed by atoms with Crippen LogP contribution in [-0.2, 0) is 4.79 Å². The summed E-state index contributed by atoms with van der Waals surface area (Å²) in [5.74, 6) is -0.287. The third-order valence-corrected chi connectivity index (χ3v) is 5.48. The fraction of sp³-hybridized carbons (Fsp3) is 0.478. The molecule has 2 heterocycles. The molecule has 1 unspecified atom stereocenters. The van der Waals surface area contributed by atoms with Crippen molar-refractivity contribution in [2.24, 2.45) is 0 Å². The van der Waals surface area contributed by atoms with Gasteiger partial charge < -0.3 is 10.3 Å². The number of carbonyl (C=O) groups excluding carboxylic acids is 1. The van der Waals surface area contributed by atoms with Crippen LogP contribution in [0.3, 0.4) is 0 Å². The zero-order valence-electron chi connectivity index (χ0n) is 17.6. The summed E-state index contributed by atoms with van der Waals surface area (Å²) in [6.07, 6.45) is 9.54. The third-order valence-electron chi connectivity index (χ3n) is 5.48. The van der Waals surface area contributed by atoms with Gasteiger partial charge in [-0.1, -0.05) is 44.2 Å². The van der Waals surface area contributed by atoms with Crippen molar-refractivity contribution in [2.75, 3.05) is 13.1 Å². The molecule has 5 heteroatoms. The van der Waals surface area contributed by atoms with Crippen molar-refractivity contribution in [1.29, 1.82) is 5.26 Å². The number of hydrazine groups is 1. The first-order valence-corrected chi connectivity index (χ1v) is 9.95. The highest BCUT2D eigenvalue weighted by atomic mass is 16.1. The van der Waals surface area contributed by atoms with Gasteiger partial charge in [-0.15, -0.1) is 0 Å². The van der Waals surface area contributed by atoms with Crippen LogP contribution < -0.4 is 5.32 Å². The van der Waals surface area contributed by atoms with E-state index in [4.69, 9.17) is 0 Å². The summed E-state index contributed by atoms with van der Waals surface area (Å²) >= 11 is 0. The Labute approximate surface area is 169 Å². The third kappa shape index (κ3) is 4.13. The number of carbonyl (C=O) groups is 1. The molecule has 0 radical (unpaired) electrons. The van der Waals surface area contributed by atoms with Gasteiger partial charge in [-0.2, -0.15) is 5.26 Å². The molecule has 1 fully saturated rings. The van der Waals surface area contributed by atoms with Gasteiger partial charge in [0.2, 0.25) is 0 Å². The van der Waals surface area contributed by atoms with Crippen molar-refractivity contribution in [1.82, 2.24) is 15.3 Å². The molecule has 0 spiro atoms. The Kier molecular flexibility index (Phi) is 7.04. The van der Waals surface area contributed by atoms with E-state index in [1.165, 1.54) is 5.57 Å². The average Bonchev–Trinajstić information content (AvgIpc) is 3.04. The summed E-state index contributed by atoms with van der Waals surface area (Å²) in [4.78, 5) is 13.1. The van der Waals surface area contributed by atoms with Crippen molar-refractivity contribution in [2.45, 2.75) is 58.9 Å². The number of nitriles is 1. The van der Waals surface area contributed by atoms with Crippen molar-refractivity contribution in [3.63, 3.8) is 0 Å². The van der Waals surface area contributed by atoms with E-state index in [9.17, 15) is 10.1 Å². The zero-order valence-corrected chi connectivity index (χ0v) is 17.6. The molecule has 0 aliphatic carbocycles. The molecule has 5 nitrogen and oxygen atoms in total. The Morgan fingerprint density at radius 3 is 2.75 bits per heavy atom. The summed E-state index contributed by atoms with van der Waals surface area (Å²) in [7, 11) is 0. The van der Waals surface area contributed by atoms with Crippen LogP contribution in [-0.4, -0.2) is 34.6 Å². The number of allylic oxidation sites excluding steroid dienone is 4. The summed E-state index contributed by atoms with van der Waals surface area (Å²) in [6, 6.07) is 2.33. The maximum Gasteiger partial charge on any atom is 0.258 e. The van der Waals surface area contributed by atoms with Crippen molar-refractivity contribution < 1.29 is 4.79 Å². The van der Waals surface area contributed by atoms with E-state index >= 15 is 0 Å². The summed E-state index contributed by atoms with van der Waals surface area (Å²) in [5.41, 5.74) is 2.92. The predicted octanol–water partition coefficient (Wildman–Crippen LogP) is 4.36. The Hall–Kier alpha value is -2.58. The second-order valence-corrected chi connectivity index (χ2v) is 7.75. The van der Waals surface area contributed by atoms with Gasteiger partial charge in [0.15, 0.2) is 0 Å². The summed E-state index contributed by atoms with van der Waals surface area (Å²) in [5, 5.41) is 17.1. The molecule has 0 aromatic rings. The second-order valence-electron chi connectivity index (χ2n) is 7.75. The van der Waals surface area contributed by atoms with Gasteiger partial charge in [0, 0.05) is 12.2 Å². The number of nitrogens with one attached hydrogen (secondary N) is 1. The average molecular weight is 381 g/mol. The molecular weight excluding hydrogens is 348 g/mol. The minimum absolute atomic E-state index is 0.287. The smallest absolute Gasteiger partial charge is 0.258 e. The molecule has 0 bridgehead atoms. The van der Waals surface area contributed by atoms with Gasteiger partial charge in [0.1, 0.15) is 0 Å². The fourth-order valence-corrected chi connectivity index (χ4v) is 4.03. The highest BCUT2D eigenvalue weighted by Crippen LogP contribution is 2.44. The van der Waals surface area contributed by atoms with Crippen LogP contribution in [0.1, 0.15) is 53.4 Å². The number of nitrogens with zero attached hydrogens (tertiary/aromatic N) is 3. The summed E-state index contributed by atoms with van der Waals surface area (Å²) in [6.45, 7) is 17.5. The van der Waals surface area contributed by atoms with Gasteiger partial charge in [0.05, 0.1) is 35.0 Å². The molecule has 2 rings (SSSR count). The highest BCUT2D eigenvalue weighted by Gasteiger charge is 2.50. The normalized spacial score (nSPS) is 23.5. The molecule has 2 aliphatic rings. The van der Waals surface area contributed by atoms with E-state index < -0.39 is 5.54 Å². The lowest BCUT2D eigenvalue weighted by atomic mass is 9.83. The van der Waals surface area contributed by atoms with E-state index in [2.05, 4.69) is 61.4 Å². The Morgan fingerprint density at radius 1 is 1.43 bits per heavy atom. The maximum absolute atomic E-state index is 13.1. The van der Waals surface area contributed by atoms with Gasteiger partial charge in [-0.05, 0) is 46.1 Å². The quantitative estimate of drug-likeness (QED) is 0.527. The molecule has 1 N–H and O–H groups in total. The van der Waals surface area contributed by atoms with Crippen LogP contribution in [0.15, 0.2) is 59.5 Å². The Morgan fingerprint density at radius 2 is 2.14 bits per heavy atom. The van der Waals surface area contributed by atoms with E-state index in [-0.39, 0.29) is 5.91 Å². The van der Waals surface area contributed by atoms with Crippen LogP contribution in [0, 0.1) is 11.3 Å². The minimum Gasteiger partial charge on any atom is -0.326 e. The number of hydrogen-bond acceptors (Lipinski definition) is 4. The van der Waals surface area contributed by atoms with E-state index in [0.29, 0.717) is 29.1 Å². The molecule has 1 saturated heterocycles. The number of rotatable bonds is 7. The number of amides is 1. The van der Waals surface area contributed by atoms with Crippen LogP contribution >= 0.6 is 0 Å². The van der Waals surface area contributed by atoms with Gasteiger partial charge in [0.25, 0.3) is 5.91 Å². The Balaban J connectivity index is 2.49. The van der Waals surface area contributed by atoms with Crippen LogP contribution in [0.25, 0.3) is 0 Å². The van der Waals surface area contributed by atoms with Crippen LogP contribution in [0.5, 0.6) is 0 Å². The lowest BCUT2D eigenvalue weighted by Gasteiger charge is -2.49. The molecule has 0 aromatic carbocycles. The highest BCUT2D eigenvalue weighted by molar-refractivity contribution is 6.00. The van der Waals surface area contributed by atoms with Gasteiger partial charge >= 0.3 is 0 Å². The maximum atomic E-state index is 13.1. The standard InChI is InChI=1S/C23H32N4O/c1-7-9-12-17(3)16-26-19(5)21(22(28)25-18(4)11-8-2)20(15-24)23(6)13-10-14-27(23)26/h8,11-12H,2,5,7,9-10,13-14,16H2,1,3-4,6H3,(H,25,28)/b17-12+,18-11+. The molecule has 150 valence electrons. The topological polar surface area (TPSA) is 59.4 Å². The van der Waals surface area contributed by atoms with Crippen LogP contribution in [0.4, 0.5) is 0 Å². The lowest BCUT2D eigenvalue weighted by Crippen LogP contribution is -2.57. The van der Waals surface area contributed by atoms with E-state index in [1.54, 1.807) is 19.1 Å². The molecule has 0 aromatic heterocycles. The van der Waals surface area contributed by atoms with Gasteiger partial charge in [-0.3, -0.25) is 4.79 Å².